The van der Waals surface area contributed by atoms with Crippen LogP contribution in [-0.4, -0.2) is 46.5 Å². The lowest BCUT2D eigenvalue weighted by Crippen LogP contribution is -2.56. The van der Waals surface area contributed by atoms with Crippen LogP contribution in [0.5, 0.6) is 5.75 Å². The van der Waals surface area contributed by atoms with E-state index >= 15 is 0 Å². The van der Waals surface area contributed by atoms with E-state index in [2.05, 4.69) is 43.6 Å². The summed E-state index contributed by atoms with van der Waals surface area (Å²) < 4.78 is 6.03. The molecule has 264 valence electrons. The first-order valence-corrected chi connectivity index (χ1v) is 17.3. The molecule has 3 aliphatic rings. The summed E-state index contributed by atoms with van der Waals surface area (Å²) in [6.45, 7) is 14.2. The van der Waals surface area contributed by atoms with E-state index in [1.807, 2.05) is 61.2 Å². The number of anilines is 1. The van der Waals surface area contributed by atoms with Gasteiger partial charge in [-0.15, -0.1) is 0 Å². The van der Waals surface area contributed by atoms with Gasteiger partial charge in [0.1, 0.15) is 17.1 Å². The molecule has 1 fully saturated rings. The topological polar surface area (TPSA) is 155 Å². The van der Waals surface area contributed by atoms with Crippen LogP contribution in [0.1, 0.15) is 63.9 Å². The van der Waals surface area contributed by atoms with Crippen molar-refractivity contribution in [2.45, 2.75) is 58.9 Å². The molecule has 6 rings (SSSR count). The summed E-state index contributed by atoms with van der Waals surface area (Å²) in [6, 6.07) is 24.6. The maximum atomic E-state index is 14.2. The van der Waals surface area contributed by atoms with Crippen molar-refractivity contribution in [3.63, 3.8) is 0 Å². The molecule has 10 nitrogen and oxygen atoms in total. The Morgan fingerprint density at radius 3 is 2.27 bits per heavy atom. The second-order valence-electron chi connectivity index (χ2n) is 15.0. The predicted molar refractivity (Wildman–Crippen MR) is 204 cm³/mol. The lowest BCUT2D eigenvalue weighted by Gasteiger charge is -2.43. The number of likely N-dealkylation sites (tertiary alicyclic amines) is 1. The van der Waals surface area contributed by atoms with Crippen LogP contribution in [0.4, 0.5) is 5.69 Å². The van der Waals surface area contributed by atoms with Gasteiger partial charge in [0.05, 0.1) is 0 Å². The summed E-state index contributed by atoms with van der Waals surface area (Å²) in [5, 5.41) is 37.1. The van der Waals surface area contributed by atoms with Gasteiger partial charge in [-0.2, -0.15) is 0 Å². The fraction of sp³-hybridized carbons (Fsp3) is 0.317. The van der Waals surface area contributed by atoms with Crippen LogP contribution < -0.4 is 21.4 Å². The third-order valence-corrected chi connectivity index (χ3v) is 10.4. The monoisotopic (exact) mass is 686 g/mol. The second-order valence-corrected chi connectivity index (χ2v) is 15.0. The van der Waals surface area contributed by atoms with Crippen molar-refractivity contribution < 1.29 is 14.3 Å². The minimum absolute atomic E-state index is 0.0290. The molecular formula is C41H46N6O4. The molecule has 0 bridgehead atoms. The van der Waals surface area contributed by atoms with Crippen LogP contribution in [0.2, 0.25) is 0 Å². The van der Waals surface area contributed by atoms with Gasteiger partial charge in [0.15, 0.2) is 17.3 Å². The Kier molecular flexibility index (Phi) is 9.37. The highest BCUT2D eigenvalue weighted by Crippen LogP contribution is 2.42. The molecule has 1 saturated heterocycles. The van der Waals surface area contributed by atoms with E-state index in [0.29, 0.717) is 50.9 Å². The fourth-order valence-corrected chi connectivity index (χ4v) is 7.11. The molecule has 3 aromatic rings. The van der Waals surface area contributed by atoms with Crippen molar-refractivity contribution in [1.29, 1.82) is 10.8 Å². The molecule has 0 spiro atoms. The number of hydrogen-bond donors (Lipinski definition) is 6. The third kappa shape index (κ3) is 7.17. The van der Waals surface area contributed by atoms with Crippen molar-refractivity contribution in [3.05, 3.63) is 106 Å². The number of hydrogen-bond acceptors (Lipinski definition) is 6. The van der Waals surface area contributed by atoms with Crippen molar-refractivity contribution in [2.75, 3.05) is 18.4 Å². The van der Waals surface area contributed by atoms with Crippen LogP contribution in [0.15, 0.2) is 94.1 Å². The number of phenolic OH excluding ortho intramolecular Hbond substituents is 1. The molecule has 10 heteroatoms. The molecule has 0 radical (unpaired) electrons. The first kappa shape index (κ1) is 35.2. The Hall–Kier alpha value is -5.64. The highest BCUT2D eigenvalue weighted by Gasteiger charge is 2.40. The largest absolute Gasteiger partial charge is 0.508 e. The molecule has 2 heterocycles. The summed E-state index contributed by atoms with van der Waals surface area (Å²) in [5.41, 5.74) is 3.17. The second kappa shape index (κ2) is 13.6. The van der Waals surface area contributed by atoms with Gasteiger partial charge in [-0.1, -0.05) is 58.0 Å². The molecule has 6 N–H and O–H groups in total. The molecule has 2 unspecified atom stereocenters. The number of phenols is 1. The van der Waals surface area contributed by atoms with E-state index in [1.165, 1.54) is 18.2 Å². The van der Waals surface area contributed by atoms with E-state index in [9.17, 15) is 14.7 Å². The maximum absolute atomic E-state index is 14.2. The Bertz CT molecular complexity index is 2140. The van der Waals surface area contributed by atoms with E-state index in [4.69, 9.17) is 15.2 Å². The smallest absolute Gasteiger partial charge is 0.252 e. The van der Waals surface area contributed by atoms with Crippen LogP contribution in [0.3, 0.4) is 0 Å². The van der Waals surface area contributed by atoms with Crippen molar-refractivity contribution in [2.24, 2.45) is 11.8 Å². The van der Waals surface area contributed by atoms with Crippen LogP contribution in [0.25, 0.3) is 33.4 Å². The summed E-state index contributed by atoms with van der Waals surface area (Å²) in [5.74, 6) is 1.39. The molecule has 0 saturated carbocycles. The number of benzene rings is 4. The van der Waals surface area contributed by atoms with Crippen LogP contribution in [-0.2, 0) is 5.41 Å². The van der Waals surface area contributed by atoms with Gasteiger partial charge in [0.25, 0.3) is 5.91 Å². The number of carbonyl (C=O) groups excluding carboxylic acids is 1. The highest BCUT2D eigenvalue weighted by atomic mass is 16.3. The molecular weight excluding hydrogens is 640 g/mol. The molecule has 2 atom stereocenters. The number of piperidine rings is 1. The summed E-state index contributed by atoms with van der Waals surface area (Å²) >= 11 is 0. The first-order valence-electron chi connectivity index (χ1n) is 17.3. The Morgan fingerprint density at radius 2 is 1.57 bits per heavy atom. The number of nitrogens with one attached hydrogen (secondary N) is 5. The van der Waals surface area contributed by atoms with Gasteiger partial charge in [0.2, 0.25) is 0 Å². The molecule has 2 aliphatic heterocycles. The molecule has 1 aliphatic carbocycles. The predicted octanol–water partition coefficient (Wildman–Crippen LogP) is 7.61. The van der Waals surface area contributed by atoms with Crippen molar-refractivity contribution >= 4 is 34.5 Å². The standard InChI is InChI=1S/C41H46N6O4/c1-24-19-25(2)23-47(22-24)39(43)45-38(42)44-27-13-11-26(12-14-27)40(3,4)41(5,6)46-37(50)31-10-8-7-9-30(31)36-32-17-15-28(48)20-34(32)51-35-21-29(49)16-18-33(35)36/h7-18,20-21,24-25,48H,19,22-23H2,1-6H3,(H,46,50)(H4,42,43,44,45). The Morgan fingerprint density at radius 1 is 0.882 bits per heavy atom. The van der Waals surface area contributed by atoms with Gasteiger partial charge in [-0.05, 0) is 85.7 Å². The average molecular weight is 687 g/mol. The molecule has 1 amide bonds. The minimum Gasteiger partial charge on any atom is -0.508 e. The van der Waals surface area contributed by atoms with E-state index in [0.717, 1.165) is 30.6 Å². The van der Waals surface area contributed by atoms with E-state index in [-0.39, 0.29) is 29.0 Å². The summed E-state index contributed by atoms with van der Waals surface area (Å²) in [7, 11) is 0. The number of carbonyl (C=O) groups is 1. The van der Waals surface area contributed by atoms with Gasteiger partial charge in [0, 0.05) is 63.9 Å². The van der Waals surface area contributed by atoms with Crippen LogP contribution >= 0.6 is 0 Å². The van der Waals surface area contributed by atoms with E-state index < -0.39 is 11.0 Å². The van der Waals surface area contributed by atoms with Gasteiger partial charge < -0.3 is 25.1 Å². The van der Waals surface area contributed by atoms with E-state index in [1.54, 1.807) is 24.3 Å². The zero-order valence-electron chi connectivity index (χ0n) is 30.0. The first-order chi connectivity index (χ1) is 24.1. The number of amides is 1. The maximum Gasteiger partial charge on any atom is 0.252 e. The normalized spacial score (nSPS) is 16.5. The zero-order chi connectivity index (χ0) is 36.7. The van der Waals surface area contributed by atoms with Gasteiger partial charge in [-0.3, -0.25) is 25.7 Å². The molecule has 0 aromatic heterocycles. The fourth-order valence-electron chi connectivity index (χ4n) is 7.11. The number of rotatable bonds is 6. The van der Waals surface area contributed by atoms with Gasteiger partial charge >= 0.3 is 0 Å². The summed E-state index contributed by atoms with van der Waals surface area (Å²) in [6.07, 6.45) is 1.15. The number of nitrogens with zero attached hydrogens (tertiary/aromatic N) is 1. The van der Waals surface area contributed by atoms with Crippen molar-refractivity contribution in [3.8, 4) is 28.2 Å². The quantitative estimate of drug-likeness (QED) is 0.0611. The lowest BCUT2D eigenvalue weighted by atomic mass is 9.69. The lowest BCUT2D eigenvalue weighted by molar-refractivity contribution is 0.0873. The highest BCUT2D eigenvalue weighted by molar-refractivity contribution is 6.09. The SMILES string of the molecule is CC1CC(C)CN(C(=N)NC(=N)Nc2ccc(C(C)(C)C(C)(C)NC(=O)c3ccccc3-c3c4ccc(=O)cc-4oc4cc(O)ccc34)cc2)C1. The third-order valence-electron chi connectivity index (χ3n) is 10.4. The Labute approximate surface area is 298 Å². The number of fused-ring (bicyclic) bond motifs is 2. The average Bonchev–Trinajstić information content (AvgIpc) is 3.06. The van der Waals surface area contributed by atoms with Crippen molar-refractivity contribution in [1.82, 2.24) is 15.5 Å². The summed E-state index contributed by atoms with van der Waals surface area (Å²) in [4.78, 5) is 28.5. The minimum atomic E-state index is -0.725. The zero-order valence-corrected chi connectivity index (χ0v) is 30.0. The number of aromatic hydroxyl groups is 1. The Balaban J connectivity index is 1.21. The molecule has 51 heavy (non-hydrogen) atoms. The van der Waals surface area contributed by atoms with Gasteiger partial charge in [-0.25, -0.2) is 0 Å². The molecule has 3 aromatic carbocycles. The van der Waals surface area contributed by atoms with Crippen LogP contribution in [0, 0.1) is 22.7 Å². The number of guanidine groups is 2.